The molecule has 2 saturated heterocycles. The lowest BCUT2D eigenvalue weighted by molar-refractivity contribution is -0.359. The molecule has 2 rings (SSSR count). The van der Waals surface area contributed by atoms with Gasteiger partial charge in [-0.15, -0.1) is 0 Å². The second kappa shape index (κ2) is 36.8. The van der Waals surface area contributed by atoms with Crippen LogP contribution in [0.3, 0.4) is 0 Å². The molecule has 0 saturated carbocycles. The average molecular weight is 910 g/mol. The molecule has 0 aliphatic carbocycles. The Kier molecular flexibility index (Phi) is 33.2. The number of carbonyl (C=O) groups excluding carboxylic acids is 1. The lowest BCUT2D eigenvalue weighted by Crippen LogP contribution is -2.65. The van der Waals surface area contributed by atoms with E-state index >= 15 is 0 Å². The number of aliphatic hydroxyl groups is 8. The summed E-state index contributed by atoms with van der Waals surface area (Å²) in [7, 11) is 0. The number of amides is 1. The number of hydrogen-bond acceptors (Lipinski definition) is 13. The molecular formula is C50H87NO13. The molecular weight excluding hydrogens is 823 g/mol. The first-order valence-electron chi connectivity index (χ1n) is 24.5. The summed E-state index contributed by atoms with van der Waals surface area (Å²) < 4.78 is 22.6. The number of nitrogens with one attached hydrogen (secondary N) is 1. The van der Waals surface area contributed by atoms with Crippen molar-refractivity contribution in [1.82, 2.24) is 5.32 Å². The molecule has 12 atom stereocenters. The van der Waals surface area contributed by atoms with Crippen LogP contribution in [0.5, 0.6) is 0 Å². The Morgan fingerprint density at radius 2 is 1.08 bits per heavy atom. The van der Waals surface area contributed by atoms with Crippen LogP contribution in [-0.2, 0) is 23.7 Å². The summed E-state index contributed by atoms with van der Waals surface area (Å²) in [4.78, 5) is 13.1. The Balaban J connectivity index is 1.90. The van der Waals surface area contributed by atoms with Crippen molar-refractivity contribution >= 4 is 5.91 Å². The number of ether oxygens (including phenoxy) is 4. The van der Waals surface area contributed by atoms with Gasteiger partial charge in [0, 0.05) is 6.42 Å². The van der Waals surface area contributed by atoms with Gasteiger partial charge in [0.1, 0.15) is 48.8 Å². The van der Waals surface area contributed by atoms with Gasteiger partial charge in [0.25, 0.3) is 0 Å². The maximum Gasteiger partial charge on any atom is 0.220 e. The maximum absolute atomic E-state index is 13.1. The third kappa shape index (κ3) is 23.9. The number of unbranched alkanes of at least 4 members (excludes halogenated alkanes) is 15. The van der Waals surface area contributed by atoms with Crippen molar-refractivity contribution < 1.29 is 64.6 Å². The predicted molar refractivity (Wildman–Crippen MR) is 249 cm³/mol. The SMILES string of the molecule is CC/C=C\C/C=C\C/C=C\C/C=C\CCC(=O)NC(COC1OC(CO)C(OC2OC(CO)C(O)C(O)C2O)C(O)C1O)C(O)/C=C/CCCCCCCCCCCCCCCCC. The van der Waals surface area contributed by atoms with E-state index in [9.17, 15) is 45.6 Å². The number of rotatable bonds is 36. The Morgan fingerprint density at radius 3 is 1.62 bits per heavy atom. The molecule has 0 radical (unpaired) electrons. The van der Waals surface area contributed by atoms with Gasteiger partial charge in [-0.25, -0.2) is 0 Å². The van der Waals surface area contributed by atoms with E-state index in [4.69, 9.17) is 18.9 Å². The van der Waals surface area contributed by atoms with Crippen LogP contribution in [0.1, 0.15) is 155 Å². The molecule has 2 aliphatic rings. The maximum atomic E-state index is 13.1. The van der Waals surface area contributed by atoms with E-state index in [1.54, 1.807) is 6.08 Å². The number of carbonyl (C=O) groups is 1. The predicted octanol–water partition coefficient (Wildman–Crippen LogP) is 5.88. The van der Waals surface area contributed by atoms with Gasteiger partial charge >= 0.3 is 0 Å². The standard InChI is InChI=1S/C50H87NO13/c1-3-5-7-9-11-13-15-17-18-19-20-22-23-25-27-29-31-33-39(54)38(51-42(55)34-32-30-28-26-24-21-16-14-12-10-8-6-4-2)37-61-49-47(60)45(58)48(41(36-53)63-49)64-50-46(59)44(57)43(56)40(35-52)62-50/h6,8,12,14,21,24,28,30-31,33,38-41,43-50,52-54,56-60H,3-5,7,9-11,13,15-20,22-23,25-27,29,32,34-37H2,1-2H3,(H,51,55)/b8-6-,14-12-,24-21-,30-28-,33-31+. The van der Waals surface area contributed by atoms with E-state index in [0.717, 1.165) is 44.9 Å². The molecule has 0 bridgehead atoms. The van der Waals surface area contributed by atoms with Gasteiger partial charge in [0.15, 0.2) is 12.6 Å². The Hall–Kier alpha value is -2.31. The van der Waals surface area contributed by atoms with Crippen molar-refractivity contribution in [3.05, 3.63) is 60.8 Å². The molecule has 370 valence electrons. The minimum absolute atomic E-state index is 0.158. The molecule has 0 aromatic heterocycles. The van der Waals surface area contributed by atoms with Crippen molar-refractivity contribution in [3.63, 3.8) is 0 Å². The molecule has 9 N–H and O–H groups in total. The zero-order valence-corrected chi connectivity index (χ0v) is 39.0. The van der Waals surface area contributed by atoms with Crippen LogP contribution in [0.25, 0.3) is 0 Å². The first kappa shape index (κ1) is 57.8. The average Bonchev–Trinajstić information content (AvgIpc) is 3.29. The lowest BCUT2D eigenvalue weighted by atomic mass is 9.97. The van der Waals surface area contributed by atoms with Crippen LogP contribution in [0.15, 0.2) is 60.8 Å². The van der Waals surface area contributed by atoms with Gasteiger partial charge in [-0.3, -0.25) is 4.79 Å². The molecule has 14 nitrogen and oxygen atoms in total. The zero-order valence-electron chi connectivity index (χ0n) is 39.0. The fourth-order valence-electron chi connectivity index (χ4n) is 7.71. The van der Waals surface area contributed by atoms with Crippen LogP contribution in [0.2, 0.25) is 0 Å². The van der Waals surface area contributed by atoms with Crippen molar-refractivity contribution in [2.75, 3.05) is 19.8 Å². The summed E-state index contributed by atoms with van der Waals surface area (Å²) in [5, 5.41) is 86.6. The first-order valence-corrected chi connectivity index (χ1v) is 24.5. The number of aliphatic hydroxyl groups excluding tert-OH is 8. The molecule has 12 unspecified atom stereocenters. The Labute approximate surface area is 384 Å². The van der Waals surface area contributed by atoms with Gasteiger partial charge in [0.2, 0.25) is 5.91 Å². The third-order valence-corrected chi connectivity index (χ3v) is 11.7. The van der Waals surface area contributed by atoms with E-state index in [1.807, 2.05) is 18.2 Å². The second-order valence-corrected chi connectivity index (χ2v) is 17.2. The topological polar surface area (TPSA) is 228 Å². The smallest absolute Gasteiger partial charge is 0.220 e. The number of allylic oxidation sites excluding steroid dienone is 9. The zero-order chi connectivity index (χ0) is 46.8. The molecule has 0 aromatic carbocycles. The molecule has 14 heteroatoms. The molecule has 2 heterocycles. The summed E-state index contributed by atoms with van der Waals surface area (Å²) in [6, 6.07) is -0.953. The van der Waals surface area contributed by atoms with Crippen LogP contribution >= 0.6 is 0 Å². The molecule has 0 spiro atoms. The largest absolute Gasteiger partial charge is 0.394 e. The first-order chi connectivity index (χ1) is 31.1. The minimum Gasteiger partial charge on any atom is -0.394 e. The lowest BCUT2D eigenvalue weighted by Gasteiger charge is -2.46. The highest BCUT2D eigenvalue weighted by molar-refractivity contribution is 5.76. The normalized spacial score (nSPS) is 27.8. The summed E-state index contributed by atoms with van der Waals surface area (Å²) >= 11 is 0. The van der Waals surface area contributed by atoms with E-state index < -0.39 is 86.8 Å². The van der Waals surface area contributed by atoms with Crippen LogP contribution < -0.4 is 5.32 Å². The van der Waals surface area contributed by atoms with E-state index in [2.05, 4.69) is 55.6 Å². The minimum atomic E-state index is -1.79. The van der Waals surface area contributed by atoms with E-state index in [0.29, 0.717) is 6.42 Å². The molecule has 2 fully saturated rings. The Morgan fingerprint density at radius 1 is 0.578 bits per heavy atom. The number of hydrogen-bond donors (Lipinski definition) is 9. The third-order valence-electron chi connectivity index (χ3n) is 11.7. The van der Waals surface area contributed by atoms with Crippen molar-refractivity contribution in [3.8, 4) is 0 Å². The molecule has 1 amide bonds. The summed E-state index contributed by atoms with van der Waals surface area (Å²) in [6.45, 7) is 2.60. The van der Waals surface area contributed by atoms with Gasteiger partial charge in [0.05, 0.1) is 32.0 Å². The van der Waals surface area contributed by atoms with Crippen molar-refractivity contribution in [2.45, 2.75) is 229 Å². The quantitative estimate of drug-likeness (QED) is 0.0265. The summed E-state index contributed by atoms with van der Waals surface area (Å²) in [6.07, 6.45) is 27.1. The molecule has 2 aliphatic heterocycles. The highest BCUT2D eigenvalue weighted by atomic mass is 16.7. The van der Waals surface area contributed by atoms with Crippen molar-refractivity contribution in [1.29, 1.82) is 0 Å². The van der Waals surface area contributed by atoms with Gasteiger partial charge in [-0.1, -0.05) is 164 Å². The monoisotopic (exact) mass is 910 g/mol. The summed E-state index contributed by atoms with van der Waals surface area (Å²) in [5.74, 6) is -0.322. The molecule has 64 heavy (non-hydrogen) atoms. The van der Waals surface area contributed by atoms with Gasteiger partial charge in [-0.2, -0.15) is 0 Å². The highest BCUT2D eigenvalue weighted by Crippen LogP contribution is 2.30. The van der Waals surface area contributed by atoms with Crippen molar-refractivity contribution in [2.24, 2.45) is 0 Å². The van der Waals surface area contributed by atoms with Crippen LogP contribution in [0, 0.1) is 0 Å². The fourth-order valence-corrected chi connectivity index (χ4v) is 7.71. The van der Waals surface area contributed by atoms with E-state index in [-0.39, 0.29) is 18.9 Å². The summed E-state index contributed by atoms with van der Waals surface area (Å²) in [5.41, 5.74) is 0. The fraction of sp³-hybridized carbons (Fsp3) is 0.780. The van der Waals surface area contributed by atoms with Crippen LogP contribution in [0.4, 0.5) is 0 Å². The Bertz CT molecular complexity index is 1310. The van der Waals surface area contributed by atoms with Gasteiger partial charge < -0.3 is 65.1 Å². The van der Waals surface area contributed by atoms with Crippen LogP contribution in [-0.4, -0.2) is 140 Å². The highest BCUT2D eigenvalue weighted by Gasteiger charge is 2.51. The molecule has 0 aromatic rings. The van der Waals surface area contributed by atoms with E-state index in [1.165, 1.54) is 83.5 Å². The van der Waals surface area contributed by atoms with Gasteiger partial charge in [-0.05, 0) is 44.9 Å². The second-order valence-electron chi connectivity index (χ2n) is 17.2.